The number of nitrogens with zero attached hydrogens (tertiary/aromatic N) is 2. The molecule has 0 saturated carbocycles. The number of nitrogens with one attached hydrogen (secondary N) is 2. The van der Waals surface area contributed by atoms with Gasteiger partial charge in [-0.25, -0.2) is 0 Å². The van der Waals surface area contributed by atoms with Crippen molar-refractivity contribution in [1.29, 1.82) is 0 Å². The Morgan fingerprint density at radius 2 is 2.25 bits per heavy atom. The fourth-order valence-electron chi connectivity index (χ4n) is 1.07. The van der Waals surface area contributed by atoms with Gasteiger partial charge in [0.25, 0.3) is 0 Å². The molecule has 0 spiro atoms. The van der Waals surface area contributed by atoms with Crippen LogP contribution in [0.4, 0.5) is 5.82 Å². The van der Waals surface area contributed by atoms with Crippen LogP contribution in [-0.2, 0) is 0 Å². The number of nitrogen functional groups attached to an aromatic ring is 1. The molecule has 5 heteroatoms. The molecule has 2 aromatic heterocycles. The molecule has 2 heterocycles. The van der Waals surface area contributed by atoms with Crippen LogP contribution in [0.15, 0.2) is 12.3 Å². The van der Waals surface area contributed by atoms with E-state index in [1.165, 1.54) is 0 Å². The highest BCUT2D eigenvalue weighted by atomic mass is 15.2. The minimum atomic E-state index is 0.527. The van der Waals surface area contributed by atoms with Crippen LogP contribution in [-0.4, -0.2) is 20.4 Å². The van der Waals surface area contributed by atoms with Crippen LogP contribution in [0.2, 0.25) is 0 Å². The van der Waals surface area contributed by atoms with Gasteiger partial charge in [0.1, 0.15) is 5.82 Å². The van der Waals surface area contributed by atoms with Crippen LogP contribution in [0.5, 0.6) is 0 Å². The van der Waals surface area contributed by atoms with Crippen molar-refractivity contribution >= 4 is 5.82 Å². The Morgan fingerprint density at radius 1 is 1.42 bits per heavy atom. The molecule has 5 nitrogen and oxygen atoms in total. The molecule has 0 aromatic carbocycles. The van der Waals surface area contributed by atoms with Crippen molar-refractivity contribution in [1.82, 2.24) is 20.4 Å². The average molecular weight is 163 g/mol. The van der Waals surface area contributed by atoms with E-state index in [2.05, 4.69) is 20.4 Å². The largest absolute Gasteiger partial charge is 0.382 e. The molecule has 62 valence electrons. The van der Waals surface area contributed by atoms with Crippen LogP contribution < -0.4 is 5.73 Å². The minimum Gasteiger partial charge on any atom is -0.382 e. The summed E-state index contributed by atoms with van der Waals surface area (Å²) in [4.78, 5) is 0. The van der Waals surface area contributed by atoms with Gasteiger partial charge in [0.05, 0.1) is 11.4 Å². The summed E-state index contributed by atoms with van der Waals surface area (Å²) in [5, 5.41) is 13.4. The number of hydrogen-bond acceptors (Lipinski definition) is 3. The van der Waals surface area contributed by atoms with Crippen LogP contribution in [0.25, 0.3) is 11.4 Å². The van der Waals surface area contributed by atoms with Crippen LogP contribution in [0.3, 0.4) is 0 Å². The average Bonchev–Trinajstić information content (AvgIpc) is 2.64. The summed E-state index contributed by atoms with van der Waals surface area (Å²) in [5.41, 5.74) is 8.31. The molecule has 4 N–H and O–H groups in total. The Hall–Kier alpha value is -1.78. The number of rotatable bonds is 1. The van der Waals surface area contributed by atoms with E-state index in [4.69, 9.17) is 5.73 Å². The highest BCUT2D eigenvalue weighted by Gasteiger charge is 2.08. The fourth-order valence-corrected chi connectivity index (χ4v) is 1.07. The van der Waals surface area contributed by atoms with Gasteiger partial charge in [-0.2, -0.15) is 10.2 Å². The molecule has 0 aliphatic carbocycles. The second-order valence-electron chi connectivity index (χ2n) is 2.58. The summed E-state index contributed by atoms with van der Waals surface area (Å²) in [6.07, 6.45) is 1.69. The van der Waals surface area contributed by atoms with Gasteiger partial charge in [0.2, 0.25) is 0 Å². The first-order valence-corrected chi connectivity index (χ1v) is 3.59. The number of hydrogen-bond donors (Lipinski definition) is 3. The first-order chi connectivity index (χ1) is 5.79. The lowest BCUT2D eigenvalue weighted by atomic mass is 10.2. The summed E-state index contributed by atoms with van der Waals surface area (Å²) < 4.78 is 0. The maximum absolute atomic E-state index is 5.57. The number of anilines is 1. The Morgan fingerprint density at radius 3 is 2.75 bits per heavy atom. The zero-order valence-electron chi connectivity index (χ0n) is 6.63. The van der Waals surface area contributed by atoms with Crippen molar-refractivity contribution in [2.45, 2.75) is 6.92 Å². The normalized spacial score (nSPS) is 10.4. The summed E-state index contributed by atoms with van der Waals surface area (Å²) in [6, 6.07) is 1.86. The number of aromatic nitrogens is 4. The predicted molar refractivity (Wildman–Crippen MR) is 45.3 cm³/mol. The zero-order chi connectivity index (χ0) is 8.55. The zero-order valence-corrected chi connectivity index (χ0v) is 6.63. The Labute approximate surface area is 69.0 Å². The van der Waals surface area contributed by atoms with E-state index in [9.17, 15) is 0 Å². The molecule has 0 atom stereocenters. The van der Waals surface area contributed by atoms with Gasteiger partial charge in [-0.1, -0.05) is 0 Å². The third kappa shape index (κ3) is 0.868. The lowest BCUT2D eigenvalue weighted by molar-refractivity contribution is 1.06. The second-order valence-corrected chi connectivity index (χ2v) is 2.58. The first-order valence-electron chi connectivity index (χ1n) is 3.59. The van der Waals surface area contributed by atoms with Gasteiger partial charge >= 0.3 is 0 Å². The summed E-state index contributed by atoms with van der Waals surface area (Å²) in [5.74, 6) is 0.527. The summed E-state index contributed by atoms with van der Waals surface area (Å²) in [7, 11) is 0. The standard InChI is InChI=1S/C7H9N5/c1-4-6(11-12-7(4)8)5-2-3-9-10-5/h2-3H,1H3,(H,9,10)(H3,8,11,12). The van der Waals surface area contributed by atoms with Crippen molar-refractivity contribution in [3.05, 3.63) is 17.8 Å². The third-order valence-electron chi connectivity index (χ3n) is 1.82. The van der Waals surface area contributed by atoms with Crippen LogP contribution >= 0.6 is 0 Å². The lowest BCUT2D eigenvalue weighted by Crippen LogP contribution is -1.86. The Kier molecular flexibility index (Phi) is 1.36. The molecule has 2 aromatic rings. The predicted octanol–water partition coefficient (Wildman–Crippen LogP) is 0.690. The molecular weight excluding hydrogens is 154 g/mol. The van der Waals surface area contributed by atoms with Crippen LogP contribution in [0.1, 0.15) is 5.56 Å². The number of aromatic amines is 2. The van der Waals surface area contributed by atoms with Crippen molar-refractivity contribution in [2.75, 3.05) is 5.73 Å². The second kappa shape index (κ2) is 2.37. The van der Waals surface area contributed by atoms with Gasteiger partial charge < -0.3 is 5.73 Å². The maximum atomic E-state index is 5.57. The van der Waals surface area contributed by atoms with Gasteiger partial charge in [-0.3, -0.25) is 10.2 Å². The number of nitrogens with two attached hydrogens (primary N) is 1. The SMILES string of the molecule is Cc1c(N)n[nH]c1-c1ccn[nH]1. The number of H-pyrrole nitrogens is 2. The third-order valence-corrected chi connectivity index (χ3v) is 1.82. The molecule has 0 amide bonds. The van der Waals surface area contributed by atoms with Crippen molar-refractivity contribution in [3.8, 4) is 11.4 Å². The van der Waals surface area contributed by atoms with E-state index in [1.807, 2.05) is 13.0 Å². The molecule has 0 fully saturated rings. The van der Waals surface area contributed by atoms with E-state index in [0.29, 0.717) is 5.82 Å². The minimum absolute atomic E-state index is 0.527. The fraction of sp³-hybridized carbons (Fsp3) is 0.143. The topological polar surface area (TPSA) is 83.4 Å². The molecule has 0 saturated heterocycles. The monoisotopic (exact) mass is 163 g/mol. The Bertz CT molecular complexity index is 372. The van der Waals surface area contributed by atoms with Gasteiger partial charge in [0.15, 0.2) is 0 Å². The van der Waals surface area contributed by atoms with Gasteiger partial charge in [-0.05, 0) is 13.0 Å². The van der Waals surface area contributed by atoms with E-state index in [-0.39, 0.29) is 0 Å². The van der Waals surface area contributed by atoms with E-state index >= 15 is 0 Å². The quantitative estimate of drug-likeness (QED) is 0.578. The lowest BCUT2D eigenvalue weighted by Gasteiger charge is -1.92. The molecule has 12 heavy (non-hydrogen) atoms. The van der Waals surface area contributed by atoms with Crippen LogP contribution in [0, 0.1) is 6.92 Å². The van der Waals surface area contributed by atoms with Crippen molar-refractivity contribution in [3.63, 3.8) is 0 Å². The molecule has 0 aliphatic rings. The van der Waals surface area contributed by atoms with Crippen molar-refractivity contribution < 1.29 is 0 Å². The maximum Gasteiger partial charge on any atom is 0.148 e. The smallest absolute Gasteiger partial charge is 0.148 e. The van der Waals surface area contributed by atoms with Gasteiger partial charge in [-0.15, -0.1) is 0 Å². The molecule has 2 rings (SSSR count). The highest BCUT2D eigenvalue weighted by Crippen LogP contribution is 2.21. The Balaban J connectivity index is 2.55. The molecule has 0 radical (unpaired) electrons. The molecule has 0 bridgehead atoms. The molecular formula is C7H9N5. The highest BCUT2D eigenvalue weighted by molar-refractivity contribution is 5.63. The van der Waals surface area contributed by atoms with E-state index < -0.39 is 0 Å². The molecule has 0 unspecified atom stereocenters. The van der Waals surface area contributed by atoms with E-state index in [1.54, 1.807) is 6.20 Å². The molecule has 0 aliphatic heterocycles. The van der Waals surface area contributed by atoms with E-state index in [0.717, 1.165) is 17.0 Å². The first kappa shape index (κ1) is 6.90. The summed E-state index contributed by atoms with van der Waals surface area (Å²) >= 11 is 0. The summed E-state index contributed by atoms with van der Waals surface area (Å²) in [6.45, 7) is 1.91. The van der Waals surface area contributed by atoms with Crippen molar-refractivity contribution in [2.24, 2.45) is 0 Å². The van der Waals surface area contributed by atoms with Gasteiger partial charge in [0, 0.05) is 11.8 Å².